The van der Waals surface area contributed by atoms with Crippen LogP contribution in [0.1, 0.15) is 44.4 Å². The lowest BCUT2D eigenvalue weighted by atomic mass is 9.74. The van der Waals surface area contributed by atoms with Gasteiger partial charge < -0.3 is 0 Å². The lowest BCUT2D eigenvalue weighted by Gasteiger charge is -2.29. The normalized spacial score (nSPS) is 11.8. The van der Waals surface area contributed by atoms with Gasteiger partial charge in [0.15, 0.2) is 0 Å². The Hall–Kier alpha value is -1.56. The molecule has 0 unspecified atom stereocenters. The third kappa shape index (κ3) is 2.33. The van der Waals surface area contributed by atoms with Crippen molar-refractivity contribution in [3.05, 3.63) is 77.2 Å². The average Bonchev–Trinajstić information content (AvgIpc) is 2.39. The van der Waals surface area contributed by atoms with Gasteiger partial charge in [-0.1, -0.05) is 82.3 Å². The Kier molecular flexibility index (Phi) is 3.56. The van der Waals surface area contributed by atoms with Crippen LogP contribution in [0, 0.1) is 5.92 Å². The number of rotatable bonds is 3. The van der Waals surface area contributed by atoms with Crippen molar-refractivity contribution in [1.82, 2.24) is 0 Å². The van der Waals surface area contributed by atoms with Crippen LogP contribution in [0.2, 0.25) is 0 Å². The van der Waals surface area contributed by atoms with Gasteiger partial charge >= 0.3 is 0 Å². The summed E-state index contributed by atoms with van der Waals surface area (Å²) >= 11 is 0. The molecule has 0 atom stereocenters. The van der Waals surface area contributed by atoms with Crippen molar-refractivity contribution in [2.45, 2.75) is 33.1 Å². The van der Waals surface area contributed by atoms with Gasteiger partial charge in [-0.15, -0.1) is 0 Å². The summed E-state index contributed by atoms with van der Waals surface area (Å²) in [6.07, 6.45) is 0. The van der Waals surface area contributed by atoms with Crippen LogP contribution in [-0.4, -0.2) is 0 Å². The molecule has 18 heavy (non-hydrogen) atoms. The van der Waals surface area contributed by atoms with E-state index in [1.54, 1.807) is 0 Å². The Morgan fingerprint density at radius 2 is 1.33 bits per heavy atom. The highest BCUT2D eigenvalue weighted by molar-refractivity contribution is 5.46. The van der Waals surface area contributed by atoms with Gasteiger partial charge in [-0.2, -0.15) is 0 Å². The number of hydrogen-bond donors (Lipinski definition) is 0. The Bertz CT molecular complexity index is 507. The molecule has 93 valence electrons. The van der Waals surface area contributed by atoms with Crippen LogP contribution in [0.25, 0.3) is 0 Å². The summed E-state index contributed by atoms with van der Waals surface area (Å²) in [5.41, 5.74) is 4.16. The summed E-state index contributed by atoms with van der Waals surface area (Å²) in [5, 5.41) is 0. The van der Waals surface area contributed by atoms with Gasteiger partial charge in [-0.05, 0) is 22.6 Å². The van der Waals surface area contributed by atoms with Gasteiger partial charge in [0.2, 0.25) is 0 Å². The van der Waals surface area contributed by atoms with E-state index in [-0.39, 0.29) is 5.41 Å². The minimum absolute atomic E-state index is 0.0368. The quantitative estimate of drug-likeness (QED) is 0.706. The maximum absolute atomic E-state index is 2.30. The zero-order chi connectivity index (χ0) is 13.2. The molecule has 0 fully saturated rings. The Labute approximate surface area is 111 Å². The largest absolute Gasteiger partial charge is 0.0622 e. The highest BCUT2D eigenvalue weighted by Gasteiger charge is 2.25. The van der Waals surface area contributed by atoms with Crippen molar-refractivity contribution in [2.24, 2.45) is 0 Å². The van der Waals surface area contributed by atoms with Gasteiger partial charge in [0.1, 0.15) is 0 Å². The van der Waals surface area contributed by atoms with E-state index in [9.17, 15) is 0 Å². The molecule has 2 aromatic rings. The topological polar surface area (TPSA) is 0 Å². The highest BCUT2D eigenvalue weighted by atomic mass is 14.3. The first-order valence-corrected chi connectivity index (χ1v) is 6.49. The smallest absolute Gasteiger partial charge is 0.0149 e. The summed E-state index contributed by atoms with van der Waals surface area (Å²) in [6, 6.07) is 19.4. The second kappa shape index (κ2) is 4.97. The van der Waals surface area contributed by atoms with E-state index in [0.29, 0.717) is 0 Å². The molecule has 0 aliphatic heterocycles. The predicted octanol–water partition coefficient (Wildman–Crippen LogP) is 4.97. The third-order valence-corrected chi connectivity index (χ3v) is 3.63. The predicted molar refractivity (Wildman–Crippen MR) is 78.7 cm³/mol. The zero-order valence-corrected chi connectivity index (χ0v) is 11.7. The summed E-state index contributed by atoms with van der Waals surface area (Å²) < 4.78 is 0. The van der Waals surface area contributed by atoms with Crippen LogP contribution in [-0.2, 0) is 5.41 Å². The van der Waals surface area contributed by atoms with E-state index < -0.39 is 0 Å². The van der Waals surface area contributed by atoms with E-state index in [1.807, 2.05) is 0 Å². The second-order valence-electron chi connectivity index (χ2n) is 5.54. The molecule has 1 radical (unpaired) electrons. The standard InChI is InChI=1S/C18H21/c1-14(2)16-12-8-9-13-17(16)18(3,4)15-10-6-5-7-11-15/h5-13H,1-4H3. The molecule has 2 rings (SSSR count). The molecule has 0 nitrogen and oxygen atoms in total. The molecule has 0 aromatic heterocycles. The van der Waals surface area contributed by atoms with E-state index in [2.05, 4.69) is 82.3 Å². The minimum atomic E-state index is 0.0368. The van der Waals surface area contributed by atoms with Crippen LogP contribution in [0.5, 0.6) is 0 Å². The Balaban J connectivity index is 2.54. The molecular weight excluding hydrogens is 216 g/mol. The molecule has 0 saturated carbocycles. The van der Waals surface area contributed by atoms with Crippen molar-refractivity contribution in [1.29, 1.82) is 0 Å². The summed E-state index contributed by atoms with van der Waals surface area (Å²) in [5.74, 6) is 1.37. The van der Waals surface area contributed by atoms with Gasteiger partial charge in [0.05, 0.1) is 0 Å². The molecule has 2 aromatic carbocycles. The Morgan fingerprint density at radius 1 is 0.778 bits per heavy atom. The summed E-state index contributed by atoms with van der Waals surface area (Å²) in [7, 11) is 0. The van der Waals surface area contributed by atoms with Crippen LogP contribution in [0.3, 0.4) is 0 Å². The van der Waals surface area contributed by atoms with E-state index in [4.69, 9.17) is 0 Å². The van der Waals surface area contributed by atoms with Crippen molar-refractivity contribution in [3.63, 3.8) is 0 Å². The molecule has 0 heterocycles. The molecule has 0 bridgehead atoms. The van der Waals surface area contributed by atoms with Crippen LogP contribution >= 0.6 is 0 Å². The van der Waals surface area contributed by atoms with Crippen molar-refractivity contribution in [3.8, 4) is 0 Å². The fraction of sp³-hybridized carbons (Fsp3) is 0.278. The fourth-order valence-corrected chi connectivity index (χ4v) is 2.47. The second-order valence-corrected chi connectivity index (χ2v) is 5.54. The molecule has 0 amide bonds. The summed E-state index contributed by atoms with van der Waals surface area (Å²) in [6.45, 7) is 8.95. The first-order chi connectivity index (χ1) is 8.53. The molecule has 0 saturated heterocycles. The first-order valence-electron chi connectivity index (χ1n) is 6.49. The van der Waals surface area contributed by atoms with Crippen LogP contribution < -0.4 is 0 Å². The molecule has 0 aliphatic carbocycles. The van der Waals surface area contributed by atoms with Gasteiger partial charge in [0.25, 0.3) is 0 Å². The molecule has 0 aliphatic rings. The monoisotopic (exact) mass is 237 g/mol. The average molecular weight is 237 g/mol. The minimum Gasteiger partial charge on any atom is -0.0622 e. The van der Waals surface area contributed by atoms with Gasteiger partial charge in [-0.25, -0.2) is 0 Å². The maximum atomic E-state index is 2.30. The lowest BCUT2D eigenvalue weighted by Crippen LogP contribution is -2.21. The fourth-order valence-electron chi connectivity index (χ4n) is 2.47. The summed E-state index contributed by atoms with van der Waals surface area (Å²) in [4.78, 5) is 0. The number of hydrogen-bond acceptors (Lipinski definition) is 0. The molecule has 0 heteroatoms. The molecular formula is C18H21. The molecule has 0 N–H and O–H groups in total. The SMILES string of the molecule is C[C](C)c1ccccc1C(C)(C)c1ccccc1. The number of benzene rings is 2. The van der Waals surface area contributed by atoms with Crippen LogP contribution in [0.4, 0.5) is 0 Å². The van der Waals surface area contributed by atoms with Gasteiger partial charge in [0, 0.05) is 5.41 Å². The van der Waals surface area contributed by atoms with Crippen LogP contribution in [0.15, 0.2) is 54.6 Å². The van der Waals surface area contributed by atoms with Gasteiger partial charge in [-0.3, -0.25) is 0 Å². The van der Waals surface area contributed by atoms with Crippen molar-refractivity contribution < 1.29 is 0 Å². The first kappa shape index (κ1) is 12.9. The molecule has 0 spiro atoms. The van der Waals surface area contributed by atoms with E-state index in [0.717, 1.165) is 0 Å². The highest BCUT2D eigenvalue weighted by Crippen LogP contribution is 2.35. The zero-order valence-electron chi connectivity index (χ0n) is 11.7. The van der Waals surface area contributed by atoms with E-state index in [1.165, 1.54) is 22.6 Å². The van der Waals surface area contributed by atoms with Crippen molar-refractivity contribution in [2.75, 3.05) is 0 Å². The van der Waals surface area contributed by atoms with Crippen molar-refractivity contribution >= 4 is 0 Å². The lowest BCUT2D eigenvalue weighted by molar-refractivity contribution is 0.634. The van der Waals surface area contributed by atoms with E-state index >= 15 is 0 Å². The third-order valence-electron chi connectivity index (χ3n) is 3.63. The maximum Gasteiger partial charge on any atom is 0.0149 e. The Morgan fingerprint density at radius 3 is 1.94 bits per heavy atom.